The fraction of sp³-hybridized carbons (Fsp3) is 0.667. The molecule has 0 aliphatic heterocycles. The summed E-state index contributed by atoms with van der Waals surface area (Å²) in [6.45, 7) is 18.1. The van der Waals surface area contributed by atoms with E-state index in [0.29, 0.717) is 46.2 Å². The van der Waals surface area contributed by atoms with Crippen LogP contribution in [0.25, 0.3) is 0 Å². The molecule has 12 heteroatoms. The molecule has 0 radical (unpaired) electrons. The molecule has 66 heavy (non-hydrogen) atoms. The number of ether oxygens (including phenoxy) is 12. The van der Waals surface area contributed by atoms with E-state index in [4.69, 9.17) is 56.8 Å². The van der Waals surface area contributed by atoms with E-state index < -0.39 is 0 Å². The van der Waals surface area contributed by atoms with Gasteiger partial charge in [-0.3, -0.25) is 0 Å². The Labute approximate surface area is 398 Å². The van der Waals surface area contributed by atoms with Crippen molar-refractivity contribution >= 4 is 0 Å². The summed E-state index contributed by atoms with van der Waals surface area (Å²) in [4.78, 5) is 0. The Morgan fingerprint density at radius 2 is 0.682 bits per heavy atom. The van der Waals surface area contributed by atoms with Crippen LogP contribution in [0.5, 0.6) is 0 Å². The molecular weight excluding hydrogens is 841 g/mol. The molecule has 0 spiro atoms. The average Bonchev–Trinajstić information content (AvgIpc) is 3.32. The van der Waals surface area contributed by atoms with Gasteiger partial charge in [-0.2, -0.15) is 0 Å². The van der Waals surface area contributed by atoms with Crippen LogP contribution in [0, 0.1) is 29.1 Å². The average molecular weight is 927 g/mol. The fourth-order valence-corrected chi connectivity index (χ4v) is 8.93. The minimum absolute atomic E-state index is 0.0241. The number of benzene rings is 3. The van der Waals surface area contributed by atoms with Gasteiger partial charge in [-0.15, -0.1) is 0 Å². The molecule has 3 rings (SSSR count). The smallest absolute Gasteiger partial charge is 0.0896 e. The van der Waals surface area contributed by atoms with Crippen LogP contribution in [0.15, 0.2) is 72.8 Å². The number of hydrogen-bond acceptors (Lipinski definition) is 12. The fourth-order valence-electron chi connectivity index (χ4n) is 8.93. The van der Waals surface area contributed by atoms with Gasteiger partial charge in [-0.05, 0) is 66.5 Å². The molecule has 0 bridgehead atoms. The highest BCUT2D eigenvalue weighted by atomic mass is 16.5. The molecule has 3 aromatic carbocycles. The van der Waals surface area contributed by atoms with Gasteiger partial charge < -0.3 is 56.8 Å². The van der Waals surface area contributed by atoms with Gasteiger partial charge in [-0.1, -0.05) is 93.6 Å². The highest BCUT2D eigenvalue weighted by Gasteiger charge is 2.38. The maximum Gasteiger partial charge on any atom is 0.0896 e. The predicted octanol–water partition coefficient (Wildman–Crippen LogP) is 10.0. The van der Waals surface area contributed by atoms with E-state index in [1.807, 2.05) is 20.8 Å². The van der Waals surface area contributed by atoms with Crippen molar-refractivity contribution in [3.63, 3.8) is 0 Å². The minimum atomic E-state index is -0.250. The summed E-state index contributed by atoms with van der Waals surface area (Å²) >= 11 is 0. The van der Waals surface area contributed by atoms with Crippen LogP contribution in [0.1, 0.15) is 100 Å². The molecule has 0 fully saturated rings. The van der Waals surface area contributed by atoms with Gasteiger partial charge in [0.15, 0.2) is 0 Å². The zero-order valence-corrected chi connectivity index (χ0v) is 43.2. The van der Waals surface area contributed by atoms with E-state index in [0.717, 1.165) is 33.4 Å². The van der Waals surface area contributed by atoms with Gasteiger partial charge in [0.1, 0.15) is 0 Å². The summed E-state index contributed by atoms with van der Waals surface area (Å²) in [6, 6.07) is 25.3. The molecule has 12 nitrogen and oxygen atoms in total. The molecule has 0 aliphatic carbocycles. The summed E-state index contributed by atoms with van der Waals surface area (Å²) in [5, 5.41) is 0. The van der Waals surface area contributed by atoms with Gasteiger partial charge in [0.05, 0.1) is 95.1 Å². The van der Waals surface area contributed by atoms with Crippen molar-refractivity contribution in [1.82, 2.24) is 0 Å². The first kappa shape index (κ1) is 57.5. The van der Waals surface area contributed by atoms with Crippen LogP contribution < -0.4 is 0 Å². The summed E-state index contributed by atoms with van der Waals surface area (Å²) in [5.41, 5.74) is 6.10. The summed E-state index contributed by atoms with van der Waals surface area (Å²) in [5.74, 6) is -0.0352. The molecule has 0 N–H and O–H groups in total. The first-order valence-corrected chi connectivity index (χ1v) is 23.4. The summed E-state index contributed by atoms with van der Waals surface area (Å²) < 4.78 is 71.9. The van der Waals surface area contributed by atoms with Crippen molar-refractivity contribution in [2.45, 2.75) is 117 Å². The zero-order chi connectivity index (χ0) is 48.8. The van der Waals surface area contributed by atoms with E-state index in [-0.39, 0.29) is 77.9 Å². The van der Waals surface area contributed by atoms with Gasteiger partial charge in [0.25, 0.3) is 0 Å². The molecule has 0 saturated carbocycles. The third-order valence-electron chi connectivity index (χ3n) is 13.2. The number of methoxy groups -OCH3 is 9. The van der Waals surface area contributed by atoms with E-state index in [1.54, 1.807) is 64.0 Å². The van der Waals surface area contributed by atoms with Crippen molar-refractivity contribution in [2.24, 2.45) is 29.1 Å². The molecule has 12 atom stereocenters. The van der Waals surface area contributed by atoms with Crippen molar-refractivity contribution in [2.75, 3.05) is 90.4 Å². The molecule has 3 aromatic rings. The second kappa shape index (κ2) is 29.9. The standard InChI is InChI=1S/C54H86O12/c1-36(58-11)46(32-55-8)50(61-14)43-23-17-40(18-24-43)29-64-35-49(39(4)65-30-41-19-25-44(26-20-41)51(62-15)47(33-56-9)37(2)59-12)53(54(5,6)7)66-31-42-21-27-45(28-22-42)52(63-16)48(34-57-10)38(3)60-13/h17-28,36-39,46-53H,29-35H2,1-16H3/t36-,37-,38-,39-,46+,47+,48+,49+,50+,51+,52+,53-/m1/s1. The van der Waals surface area contributed by atoms with Crippen molar-refractivity contribution in [1.29, 1.82) is 0 Å². The van der Waals surface area contributed by atoms with Crippen molar-refractivity contribution in [3.8, 4) is 0 Å². The monoisotopic (exact) mass is 927 g/mol. The van der Waals surface area contributed by atoms with Crippen molar-refractivity contribution in [3.05, 3.63) is 106 Å². The van der Waals surface area contributed by atoms with Crippen LogP contribution >= 0.6 is 0 Å². The number of rotatable bonds is 33. The van der Waals surface area contributed by atoms with Gasteiger partial charge in [0.2, 0.25) is 0 Å². The lowest BCUT2D eigenvalue weighted by Gasteiger charge is -2.39. The maximum atomic E-state index is 6.95. The topological polar surface area (TPSA) is 111 Å². The third kappa shape index (κ3) is 17.0. The molecule has 0 unspecified atom stereocenters. The van der Waals surface area contributed by atoms with E-state index in [1.165, 1.54) is 0 Å². The SMILES string of the molecule is COC[C@@H]([C@@H](C)OC)[C@@H](OC)c1ccc(COC[C@H]([C@@H](OCc2ccc([C@H](OC)[C@@H](COC)[C@@H](C)OC)cc2)C(C)(C)C)[C@@H](C)OCc2ccc([C@H](OC)[C@@H](COC)[C@@H](C)OC)cc2)cc1. The Kier molecular flexibility index (Phi) is 26.1. The summed E-state index contributed by atoms with van der Waals surface area (Å²) in [6.07, 6.45) is -1.14. The maximum absolute atomic E-state index is 6.95. The van der Waals surface area contributed by atoms with E-state index in [2.05, 4.69) is 100 Å². The third-order valence-corrected chi connectivity index (χ3v) is 13.2. The highest BCUT2D eigenvalue weighted by molar-refractivity contribution is 5.27. The molecule has 0 aromatic heterocycles. The molecule has 0 amide bonds. The first-order valence-electron chi connectivity index (χ1n) is 23.4. The normalized spacial score (nSPS) is 17.8. The highest BCUT2D eigenvalue weighted by Crippen LogP contribution is 2.36. The lowest BCUT2D eigenvalue weighted by atomic mass is 9.79. The predicted molar refractivity (Wildman–Crippen MR) is 260 cm³/mol. The van der Waals surface area contributed by atoms with E-state index in [9.17, 15) is 0 Å². The van der Waals surface area contributed by atoms with E-state index >= 15 is 0 Å². The summed E-state index contributed by atoms with van der Waals surface area (Å²) in [7, 11) is 15.5. The molecule has 0 saturated heterocycles. The Morgan fingerprint density at radius 1 is 0.364 bits per heavy atom. The second-order valence-electron chi connectivity index (χ2n) is 18.7. The zero-order valence-electron chi connectivity index (χ0n) is 43.2. The number of hydrogen-bond donors (Lipinski definition) is 0. The van der Waals surface area contributed by atoms with Crippen LogP contribution in [0.2, 0.25) is 0 Å². The first-order chi connectivity index (χ1) is 31.7. The van der Waals surface area contributed by atoms with Gasteiger partial charge in [0, 0.05) is 87.7 Å². The van der Waals surface area contributed by atoms with Crippen LogP contribution in [-0.2, 0) is 76.7 Å². The van der Waals surface area contributed by atoms with Crippen LogP contribution in [0.4, 0.5) is 0 Å². The molecule has 0 heterocycles. The molecular formula is C54H86O12. The quantitative estimate of drug-likeness (QED) is 0.0580. The van der Waals surface area contributed by atoms with Gasteiger partial charge >= 0.3 is 0 Å². The Hall–Kier alpha value is -2.82. The van der Waals surface area contributed by atoms with Crippen LogP contribution in [0.3, 0.4) is 0 Å². The van der Waals surface area contributed by atoms with Crippen molar-refractivity contribution < 1.29 is 56.8 Å². The molecule has 0 aliphatic rings. The second-order valence-corrected chi connectivity index (χ2v) is 18.7. The Bertz CT molecular complexity index is 1700. The minimum Gasteiger partial charge on any atom is -0.384 e. The molecule has 374 valence electrons. The Balaban J connectivity index is 1.87. The lowest BCUT2D eigenvalue weighted by Crippen LogP contribution is -2.44. The largest absolute Gasteiger partial charge is 0.384 e. The Morgan fingerprint density at radius 3 is 0.970 bits per heavy atom. The van der Waals surface area contributed by atoms with Crippen LogP contribution in [-0.4, -0.2) is 121 Å². The van der Waals surface area contributed by atoms with Gasteiger partial charge in [-0.25, -0.2) is 0 Å². The lowest BCUT2D eigenvalue weighted by molar-refractivity contribution is -0.132.